The Hall–Kier alpha value is -1.62. The third-order valence-electron chi connectivity index (χ3n) is 2.58. The minimum absolute atomic E-state index is 0.197. The number of halogens is 1. The van der Waals surface area contributed by atoms with E-state index in [1.807, 2.05) is 31.2 Å². The van der Waals surface area contributed by atoms with E-state index in [0.717, 1.165) is 10.0 Å². The lowest BCUT2D eigenvalue weighted by molar-refractivity contribution is 0.0489. The Balaban J connectivity index is 2.38. The topological polar surface area (TPSA) is 52.3 Å². The molecule has 5 heteroatoms. The summed E-state index contributed by atoms with van der Waals surface area (Å²) in [6.07, 6.45) is 0.619. The molecule has 19 heavy (non-hydrogen) atoms. The molecule has 0 unspecified atom stereocenters. The molecule has 0 spiro atoms. The summed E-state index contributed by atoms with van der Waals surface area (Å²) >= 11 is 3.37. The summed E-state index contributed by atoms with van der Waals surface area (Å²) in [4.78, 5) is 16.1. The summed E-state index contributed by atoms with van der Waals surface area (Å²) in [5.41, 5.74) is 1.45. The quantitative estimate of drug-likeness (QED) is 0.802. The van der Waals surface area contributed by atoms with Gasteiger partial charge in [-0.3, -0.25) is 0 Å². The largest absolute Gasteiger partial charge is 0.460 e. The van der Waals surface area contributed by atoms with E-state index in [1.165, 1.54) is 0 Å². The van der Waals surface area contributed by atoms with Crippen molar-refractivity contribution in [2.45, 2.75) is 20.3 Å². The van der Waals surface area contributed by atoms with Crippen LogP contribution in [0, 0.1) is 0 Å². The molecule has 0 aliphatic rings. The van der Waals surface area contributed by atoms with E-state index in [1.54, 1.807) is 6.92 Å². The Bertz CT molecular complexity index is 575. The third-order valence-corrected chi connectivity index (χ3v) is 3.11. The minimum atomic E-state index is -0.463. The Morgan fingerprint density at radius 3 is 2.58 bits per heavy atom. The van der Waals surface area contributed by atoms with Gasteiger partial charge in [0.05, 0.1) is 12.3 Å². The third kappa shape index (κ3) is 3.04. The molecular weight excluding hydrogens is 310 g/mol. The van der Waals surface area contributed by atoms with E-state index in [2.05, 4.69) is 20.9 Å². The van der Waals surface area contributed by atoms with Crippen LogP contribution in [0.25, 0.3) is 11.5 Å². The zero-order chi connectivity index (χ0) is 13.8. The Labute approximate surface area is 119 Å². The van der Waals surface area contributed by atoms with Gasteiger partial charge in [0.1, 0.15) is 0 Å². The van der Waals surface area contributed by atoms with Crippen LogP contribution < -0.4 is 0 Å². The van der Waals surface area contributed by atoms with Crippen molar-refractivity contribution in [2.75, 3.05) is 6.61 Å². The predicted octanol–water partition coefficient (Wildman–Crippen LogP) is 3.84. The van der Waals surface area contributed by atoms with Gasteiger partial charge in [0.25, 0.3) is 0 Å². The number of aromatic nitrogens is 1. The molecule has 0 saturated heterocycles. The first-order valence-corrected chi connectivity index (χ1v) is 6.87. The molecule has 1 aromatic heterocycles. The average molecular weight is 324 g/mol. The molecule has 0 fully saturated rings. The van der Waals surface area contributed by atoms with Gasteiger partial charge >= 0.3 is 5.97 Å². The summed E-state index contributed by atoms with van der Waals surface area (Å²) in [6.45, 7) is 4.00. The van der Waals surface area contributed by atoms with Gasteiger partial charge < -0.3 is 9.15 Å². The smallest absolute Gasteiger partial charge is 0.376 e. The van der Waals surface area contributed by atoms with Gasteiger partial charge in [-0.1, -0.05) is 22.9 Å². The second kappa shape index (κ2) is 6.02. The summed E-state index contributed by atoms with van der Waals surface area (Å²) in [5, 5.41) is 0. The van der Waals surface area contributed by atoms with Crippen molar-refractivity contribution in [2.24, 2.45) is 0 Å². The molecule has 4 nitrogen and oxygen atoms in total. The Morgan fingerprint density at radius 1 is 1.32 bits per heavy atom. The van der Waals surface area contributed by atoms with E-state index >= 15 is 0 Å². The monoisotopic (exact) mass is 323 g/mol. The fourth-order valence-corrected chi connectivity index (χ4v) is 1.93. The Kier molecular flexibility index (Phi) is 4.37. The number of rotatable bonds is 4. The second-order valence-electron chi connectivity index (χ2n) is 3.88. The summed E-state index contributed by atoms with van der Waals surface area (Å²) in [7, 11) is 0. The fourth-order valence-electron chi connectivity index (χ4n) is 1.66. The number of oxazole rings is 1. The average Bonchev–Trinajstić information content (AvgIpc) is 2.84. The van der Waals surface area contributed by atoms with Gasteiger partial charge in [0.2, 0.25) is 11.7 Å². The molecule has 0 aliphatic carbocycles. The highest BCUT2D eigenvalue weighted by Crippen LogP contribution is 2.24. The van der Waals surface area contributed by atoms with Crippen LogP contribution in [-0.4, -0.2) is 17.6 Å². The number of aryl methyl sites for hydroxylation is 1. The predicted molar refractivity (Wildman–Crippen MR) is 75.0 cm³/mol. The molecule has 0 bridgehead atoms. The number of carbonyl (C=O) groups is 1. The molecule has 2 rings (SSSR count). The van der Waals surface area contributed by atoms with Crippen LogP contribution in [0.3, 0.4) is 0 Å². The zero-order valence-electron chi connectivity index (χ0n) is 10.8. The number of hydrogen-bond acceptors (Lipinski definition) is 4. The highest BCUT2D eigenvalue weighted by Gasteiger charge is 2.20. The van der Waals surface area contributed by atoms with Gasteiger partial charge in [-0.05, 0) is 37.6 Å². The highest BCUT2D eigenvalue weighted by molar-refractivity contribution is 9.10. The van der Waals surface area contributed by atoms with Crippen LogP contribution in [-0.2, 0) is 11.2 Å². The van der Waals surface area contributed by atoms with Gasteiger partial charge in [-0.15, -0.1) is 0 Å². The maximum Gasteiger partial charge on any atom is 0.376 e. The van der Waals surface area contributed by atoms with Crippen LogP contribution in [0.1, 0.15) is 30.1 Å². The van der Waals surface area contributed by atoms with Crippen molar-refractivity contribution in [3.05, 3.63) is 40.2 Å². The first kappa shape index (κ1) is 13.8. The number of hydrogen-bond donors (Lipinski definition) is 0. The summed E-state index contributed by atoms with van der Waals surface area (Å²) in [6, 6.07) is 7.55. The maximum absolute atomic E-state index is 11.8. The molecule has 0 radical (unpaired) electrons. The summed E-state index contributed by atoms with van der Waals surface area (Å²) in [5.74, 6) is 0.171. The number of carbonyl (C=O) groups excluding carboxylic acids is 1. The first-order chi connectivity index (χ1) is 9.15. The van der Waals surface area contributed by atoms with Crippen LogP contribution in [0.2, 0.25) is 0 Å². The number of nitrogens with zero attached hydrogens (tertiary/aromatic N) is 1. The Morgan fingerprint density at radius 2 is 2.00 bits per heavy atom. The molecule has 100 valence electrons. The van der Waals surface area contributed by atoms with Gasteiger partial charge in [-0.2, -0.15) is 0 Å². The van der Waals surface area contributed by atoms with Gasteiger partial charge in [0.15, 0.2) is 0 Å². The van der Waals surface area contributed by atoms with Gasteiger partial charge in [0, 0.05) is 10.0 Å². The van der Waals surface area contributed by atoms with E-state index < -0.39 is 5.97 Å². The van der Waals surface area contributed by atoms with Crippen molar-refractivity contribution >= 4 is 21.9 Å². The minimum Gasteiger partial charge on any atom is -0.460 e. The molecule has 2 aromatic rings. The van der Waals surface area contributed by atoms with E-state index in [4.69, 9.17) is 9.15 Å². The van der Waals surface area contributed by atoms with E-state index in [-0.39, 0.29) is 5.76 Å². The molecule has 0 atom stereocenters. The van der Waals surface area contributed by atoms with Crippen molar-refractivity contribution in [3.63, 3.8) is 0 Å². The van der Waals surface area contributed by atoms with E-state index in [0.29, 0.717) is 24.6 Å². The van der Waals surface area contributed by atoms with Crippen LogP contribution in [0.4, 0.5) is 0 Å². The first-order valence-electron chi connectivity index (χ1n) is 6.08. The number of benzene rings is 1. The van der Waals surface area contributed by atoms with Crippen LogP contribution >= 0.6 is 15.9 Å². The maximum atomic E-state index is 11.8. The summed E-state index contributed by atoms with van der Waals surface area (Å²) < 4.78 is 11.5. The van der Waals surface area contributed by atoms with Crippen LogP contribution in [0.5, 0.6) is 0 Å². The number of esters is 1. The zero-order valence-corrected chi connectivity index (χ0v) is 12.4. The molecular formula is C14H14BrNO3. The lowest BCUT2D eigenvalue weighted by Gasteiger charge is -1.98. The second-order valence-corrected chi connectivity index (χ2v) is 4.79. The lowest BCUT2D eigenvalue weighted by Crippen LogP contribution is -2.05. The molecule has 0 aliphatic heterocycles. The van der Waals surface area contributed by atoms with Crippen LogP contribution in [0.15, 0.2) is 33.2 Å². The van der Waals surface area contributed by atoms with Crippen molar-refractivity contribution < 1.29 is 13.9 Å². The van der Waals surface area contributed by atoms with E-state index in [9.17, 15) is 4.79 Å². The standard InChI is InChI=1S/C14H14BrNO3/c1-3-11-12(14(17)18-4-2)19-13(16-11)9-5-7-10(15)8-6-9/h5-8H,3-4H2,1-2H3. The highest BCUT2D eigenvalue weighted by atomic mass is 79.9. The van der Waals surface area contributed by atoms with Crippen molar-refractivity contribution in [1.29, 1.82) is 0 Å². The SMILES string of the molecule is CCOC(=O)c1oc(-c2ccc(Br)cc2)nc1CC. The van der Waals surface area contributed by atoms with Crippen molar-refractivity contribution in [3.8, 4) is 11.5 Å². The lowest BCUT2D eigenvalue weighted by atomic mass is 10.2. The van der Waals surface area contributed by atoms with Gasteiger partial charge in [-0.25, -0.2) is 9.78 Å². The molecule has 0 saturated carbocycles. The molecule has 1 aromatic carbocycles. The normalized spacial score (nSPS) is 10.5. The molecule has 0 N–H and O–H groups in total. The van der Waals surface area contributed by atoms with Crippen molar-refractivity contribution in [1.82, 2.24) is 4.98 Å². The molecule has 0 amide bonds. The fraction of sp³-hybridized carbons (Fsp3) is 0.286. The number of ether oxygens (including phenoxy) is 1. The molecule has 1 heterocycles.